The summed E-state index contributed by atoms with van der Waals surface area (Å²) in [4.78, 5) is 9.81. The van der Waals surface area contributed by atoms with Crippen molar-refractivity contribution in [3.8, 4) is 0 Å². The van der Waals surface area contributed by atoms with Crippen molar-refractivity contribution in [2.24, 2.45) is 7.05 Å². The van der Waals surface area contributed by atoms with Crippen LogP contribution in [0, 0.1) is 13.8 Å². The number of hydrogen-bond donors (Lipinski definition) is 2. The molecule has 0 saturated carbocycles. The zero-order chi connectivity index (χ0) is 24.8. The van der Waals surface area contributed by atoms with Crippen LogP contribution in [0.15, 0.2) is 53.6 Å². The van der Waals surface area contributed by atoms with Crippen LogP contribution in [-0.4, -0.2) is 63.5 Å². The predicted molar refractivity (Wildman–Crippen MR) is 150 cm³/mol. The molecule has 11 heteroatoms. The van der Waals surface area contributed by atoms with E-state index in [4.69, 9.17) is 0 Å². The first-order valence-corrected chi connectivity index (χ1v) is 16.7. The second-order valence-electron chi connectivity index (χ2n) is 8.64. The van der Waals surface area contributed by atoms with Gasteiger partial charge in [0.15, 0.2) is 0 Å². The Balaban J connectivity index is 1.24. The van der Waals surface area contributed by atoms with Crippen LogP contribution in [0.25, 0.3) is 0 Å². The Kier molecular flexibility index (Phi) is 8.63. The van der Waals surface area contributed by atoms with Crippen molar-refractivity contribution in [3.05, 3.63) is 60.0 Å². The number of piperazine rings is 1. The molecule has 2 aromatic heterocycles. The van der Waals surface area contributed by atoms with E-state index in [1.165, 1.54) is 5.69 Å². The molecule has 0 radical (unpaired) electrons. The van der Waals surface area contributed by atoms with E-state index in [0.29, 0.717) is 10.6 Å². The maximum absolute atomic E-state index is 13.4. The molecule has 0 aliphatic carbocycles. The van der Waals surface area contributed by atoms with Crippen molar-refractivity contribution in [1.82, 2.24) is 19.7 Å². The first-order valence-electron chi connectivity index (χ1n) is 11.7. The molecule has 3 heterocycles. The van der Waals surface area contributed by atoms with Crippen molar-refractivity contribution < 1.29 is 7.62 Å². The van der Waals surface area contributed by atoms with Crippen molar-refractivity contribution in [2.75, 3.05) is 54.2 Å². The largest absolute Gasteiger partial charge is 0.784 e. The summed E-state index contributed by atoms with van der Waals surface area (Å²) >= 11 is -1.85. The average molecular weight is 611 g/mol. The van der Waals surface area contributed by atoms with Gasteiger partial charge in [0.2, 0.25) is 19.8 Å². The highest BCUT2D eigenvalue weighted by atomic mass is 127. The van der Waals surface area contributed by atoms with Gasteiger partial charge in [-0.3, -0.25) is 12.7 Å². The summed E-state index contributed by atoms with van der Waals surface area (Å²) in [5.41, 5.74) is 3.54. The van der Waals surface area contributed by atoms with Gasteiger partial charge in [-0.15, -0.1) is 7.67 Å². The van der Waals surface area contributed by atoms with Crippen LogP contribution in [0.4, 0.5) is 17.2 Å². The summed E-state index contributed by atoms with van der Waals surface area (Å²) < 4.78 is 30.2. The summed E-state index contributed by atoms with van der Waals surface area (Å²) in [6.07, 6.45) is 2.57. The molecule has 1 atom stereocenters. The van der Waals surface area contributed by atoms with Crippen LogP contribution in [0.2, 0.25) is 0 Å². The molecule has 0 amide bonds. The second kappa shape index (κ2) is 11.7. The van der Waals surface area contributed by atoms with Crippen molar-refractivity contribution in [1.29, 1.82) is 0 Å². The molecule has 1 aromatic carbocycles. The van der Waals surface area contributed by atoms with E-state index < -0.39 is 27.5 Å². The van der Waals surface area contributed by atoms with Gasteiger partial charge in [0, 0.05) is 56.6 Å². The van der Waals surface area contributed by atoms with E-state index in [1.807, 2.05) is 20.9 Å². The third-order valence-corrected chi connectivity index (χ3v) is 11.5. The van der Waals surface area contributed by atoms with E-state index in [2.05, 4.69) is 60.3 Å². The van der Waals surface area contributed by atoms with E-state index >= 15 is 0 Å². The van der Waals surface area contributed by atoms with Crippen LogP contribution in [0.3, 0.4) is 0 Å². The molecule has 1 fully saturated rings. The highest BCUT2D eigenvalue weighted by Crippen LogP contribution is 2.62. The highest BCUT2D eigenvalue weighted by Gasteiger charge is 2.20. The number of pyridine rings is 1. The molecule has 190 valence electrons. The lowest BCUT2D eigenvalue weighted by Crippen LogP contribution is -2.46. The Hall–Kier alpha value is -2.22. The number of anilines is 3. The van der Waals surface area contributed by atoms with E-state index in [1.54, 1.807) is 23.0 Å². The SMILES string of the molecule is Cc1nn(C)c(C)c1NS([O-])(I=O)c1ccc(NCCCN2CCN(c3ccccc3)CC2)nc1. The summed E-state index contributed by atoms with van der Waals surface area (Å²) in [5.74, 6) is 0.724. The number of halogens is 1. The minimum atomic E-state index is -2.92. The third kappa shape index (κ3) is 6.32. The molecule has 0 spiro atoms. The second-order valence-corrected chi connectivity index (χ2v) is 15.2. The number of aryl methyl sites for hydroxylation is 2. The van der Waals surface area contributed by atoms with Gasteiger partial charge in [-0.05, 0) is 51.1 Å². The lowest BCUT2D eigenvalue weighted by Gasteiger charge is -2.40. The minimum absolute atomic E-state index is 0.449. The normalized spacial score (nSPS) is 17.1. The van der Waals surface area contributed by atoms with Crippen LogP contribution < -0.4 is 14.9 Å². The molecule has 35 heavy (non-hydrogen) atoms. The van der Waals surface area contributed by atoms with Crippen LogP contribution in [-0.2, 0) is 10.1 Å². The van der Waals surface area contributed by atoms with Gasteiger partial charge < -0.3 is 19.5 Å². The van der Waals surface area contributed by atoms with Crippen molar-refractivity contribution in [3.63, 3.8) is 0 Å². The Labute approximate surface area is 217 Å². The molecule has 1 aliphatic rings. The number of nitrogens with one attached hydrogen (secondary N) is 2. The van der Waals surface area contributed by atoms with Gasteiger partial charge in [-0.1, -0.05) is 18.2 Å². The maximum atomic E-state index is 13.4. The predicted octanol–water partition coefficient (Wildman–Crippen LogP) is 4.61. The first-order chi connectivity index (χ1) is 16.9. The molecule has 1 unspecified atom stereocenters. The van der Waals surface area contributed by atoms with Gasteiger partial charge in [-0.25, -0.2) is 4.98 Å². The highest BCUT2D eigenvalue weighted by molar-refractivity contribution is 14.2. The lowest BCUT2D eigenvalue weighted by molar-refractivity contribution is 0.257. The number of rotatable bonds is 10. The Morgan fingerprint density at radius 1 is 1.09 bits per heavy atom. The smallest absolute Gasteiger partial charge is 0.206 e. The van der Waals surface area contributed by atoms with Crippen LogP contribution in [0.5, 0.6) is 0 Å². The Morgan fingerprint density at radius 3 is 2.43 bits per heavy atom. The molecule has 1 saturated heterocycles. The molecular weight excluding hydrogens is 577 g/mol. The number of benzene rings is 1. The van der Waals surface area contributed by atoms with Gasteiger partial charge in [0.05, 0.1) is 17.1 Å². The fourth-order valence-electron chi connectivity index (χ4n) is 4.19. The summed E-state index contributed by atoms with van der Waals surface area (Å²) in [5, 5.41) is 7.68. The summed E-state index contributed by atoms with van der Waals surface area (Å²) in [7, 11) is -1.09. The van der Waals surface area contributed by atoms with Gasteiger partial charge >= 0.3 is 0 Å². The zero-order valence-corrected chi connectivity index (χ0v) is 23.4. The number of nitrogens with zero attached hydrogens (tertiary/aromatic N) is 5. The van der Waals surface area contributed by atoms with Crippen LogP contribution in [0.1, 0.15) is 17.8 Å². The van der Waals surface area contributed by atoms with Crippen LogP contribution >= 0.6 is 27.5 Å². The molecule has 3 aromatic rings. The first kappa shape index (κ1) is 25.9. The minimum Gasteiger partial charge on any atom is -0.784 e. The van der Waals surface area contributed by atoms with Crippen molar-refractivity contribution in [2.45, 2.75) is 25.2 Å². The molecule has 1 aliphatic heterocycles. The number of para-hydroxylation sites is 1. The number of aromatic nitrogens is 3. The van der Waals surface area contributed by atoms with E-state index in [9.17, 15) is 7.62 Å². The summed E-state index contributed by atoms with van der Waals surface area (Å²) in [6, 6.07) is 14.1. The Morgan fingerprint density at radius 2 is 1.83 bits per heavy atom. The topological polar surface area (TPSA) is 101 Å². The quantitative estimate of drug-likeness (QED) is 0.254. The van der Waals surface area contributed by atoms with Crippen molar-refractivity contribution >= 4 is 44.7 Å². The standard InChI is InChI=1S/C24H34IN7O2S/c1-19-24(20(2)30(3)28-19)29-35(34,25-33)22-10-11-23(27-18-22)26-12-7-13-31-14-16-32(17-15-31)21-8-5-4-6-9-21/h4-6,8-11,18,29,34H,7,12-17H2,1-3H3,(H,26,27)/p-1. The maximum Gasteiger partial charge on any atom is 0.206 e. The molecule has 4 rings (SSSR count). The fraction of sp³-hybridized carbons (Fsp3) is 0.417. The third-order valence-electron chi connectivity index (χ3n) is 6.32. The average Bonchev–Trinajstić information content (AvgIpc) is 3.13. The van der Waals surface area contributed by atoms with Gasteiger partial charge in [0.1, 0.15) is 5.82 Å². The van der Waals surface area contributed by atoms with Gasteiger partial charge in [-0.2, -0.15) is 5.10 Å². The lowest BCUT2D eigenvalue weighted by atomic mass is 10.2. The monoisotopic (exact) mass is 610 g/mol. The molecular formula is C24H33IN7O2S-. The molecule has 0 bridgehead atoms. The summed E-state index contributed by atoms with van der Waals surface area (Å²) in [6.45, 7) is 9.81. The van der Waals surface area contributed by atoms with E-state index in [0.717, 1.165) is 62.9 Å². The van der Waals surface area contributed by atoms with Gasteiger partial charge in [0.25, 0.3) is 0 Å². The fourth-order valence-corrected chi connectivity index (χ4v) is 7.74. The zero-order valence-electron chi connectivity index (χ0n) is 20.4. The molecule has 9 nitrogen and oxygen atoms in total. The van der Waals surface area contributed by atoms with E-state index in [-0.39, 0.29) is 0 Å². The number of hydrogen-bond acceptors (Lipinski definition) is 8. The Bertz CT molecular complexity index is 1120. The molecule has 2 N–H and O–H groups in total.